The molecule has 8 heteroatoms. The number of hydrogen-bond donors (Lipinski definition) is 3. The summed E-state index contributed by atoms with van der Waals surface area (Å²) in [6, 6.07) is 6.12. The van der Waals surface area contributed by atoms with Gasteiger partial charge in [-0.3, -0.25) is 9.78 Å². The van der Waals surface area contributed by atoms with Crippen molar-refractivity contribution in [2.45, 2.75) is 66.2 Å². The lowest BCUT2D eigenvalue weighted by atomic mass is 9.86. The molecule has 212 valence electrons. The van der Waals surface area contributed by atoms with Crippen LogP contribution in [0.5, 0.6) is 0 Å². The van der Waals surface area contributed by atoms with E-state index in [1.54, 1.807) is 6.92 Å². The molecule has 41 heavy (non-hydrogen) atoms. The Morgan fingerprint density at radius 2 is 1.73 bits per heavy atom. The van der Waals surface area contributed by atoms with Gasteiger partial charge in [0.05, 0.1) is 23.6 Å². The molecule has 0 amide bonds. The number of allylic oxidation sites excluding steroid dienone is 1. The summed E-state index contributed by atoms with van der Waals surface area (Å²) >= 11 is 0. The van der Waals surface area contributed by atoms with Gasteiger partial charge in [0.15, 0.2) is 0 Å². The highest BCUT2D eigenvalue weighted by Crippen LogP contribution is 2.42. The summed E-state index contributed by atoms with van der Waals surface area (Å²) in [5.74, 6) is -1.10. The Balaban J connectivity index is 1.97. The summed E-state index contributed by atoms with van der Waals surface area (Å²) < 4.78 is 5.06. The summed E-state index contributed by atoms with van der Waals surface area (Å²) in [7, 11) is 0. The van der Waals surface area contributed by atoms with Gasteiger partial charge in [0.25, 0.3) is 6.47 Å². The summed E-state index contributed by atoms with van der Waals surface area (Å²) in [5.41, 5.74) is 12.3. The van der Waals surface area contributed by atoms with Crippen LogP contribution in [0.4, 0.5) is 0 Å². The average molecular weight is 553 g/mol. The number of carbonyl (C=O) groups is 2. The summed E-state index contributed by atoms with van der Waals surface area (Å²) in [5, 5.41) is 10.3. The number of nitrogens with zero attached hydrogens (tertiary/aromatic N) is 2. The van der Waals surface area contributed by atoms with Gasteiger partial charge < -0.3 is 19.8 Å². The van der Waals surface area contributed by atoms with E-state index in [0.717, 1.165) is 62.1 Å². The lowest BCUT2D eigenvalue weighted by Crippen LogP contribution is -2.09. The topological polar surface area (TPSA) is 121 Å². The van der Waals surface area contributed by atoms with Crippen LogP contribution in [0.15, 0.2) is 24.8 Å². The molecule has 0 aromatic carbocycles. The first-order valence-corrected chi connectivity index (χ1v) is 14.0. The SMILES string of the molecule is C=Cc1c(C)c2cc3nc(c(C)c4nc(cc5[nH]c(cc1[nH]2)c(C)c5CC)C(C)=C4C(=O)O)[C@@H](CCOC=O)[C@@H]3C. The Morgan fingerprint density at radius 1 is 1.02 bits per heavy atom. The van der Waals surface area contributed by atoms with E-state index in [1.807, 2.05) is 19.1 Å². The van der Waals surface area contributed by atoms with Crippen molar-refractivity contribution in [2.24, 2.45) is 0 Å². The van der Waals surface area contributed by atoms with E-state index in [1.165, 1.54) is 0 Å². The maximum Gasteiger partial charge on any atom is 0.338 e. The van der Waals surface area contributed by atoms with E-state index in [-0.39, 0.29) is 24.0 Å². The standard InChI is InChI=1S/C33H36N4O4/c1-8-21-16(3)24-12-26-18(5)23(10-11-41-15-38)31(36-26)20(7)32-30(33(39)40)19(6)27(37-32)14-29-22(9-2)17(4)25(35-29)13-28(21)34-24/h8,12-15,18,23,34-35H,1,9-11H2,2-7H3,(H,39,40)/t18-,23-/m0/s1. The first kappa shape index (κ1) is 28.1. The number of carboxylic acids is 1. The number of carboxylic acid groups (broad SMARTS) is 1. The minimum atomic E-state index is -1.02. The predicted molar refractivity (Wildman–Crippen MR) is 163 cm³/mol. The van der Waals surface area contributed by atoms with E-state index in [9.17, 15) is 14.7 Å². The lowest BCUT2D eigenvalue weighted by molar-refractivity contribution is -0.130. The molecule has 8 bridgehead atoms. The van der Waals surface area contributed by atoms with Crippen LogP contribution in [0.2, 0.25) is 0 Å². The monoisotopic (exact) mass is 552 g/mol. The second kappa shape index (κ2) is 10.8. The number of nitrogens with one attached hydrogen (secondary N) is 2. The molecule has 2 aliphatic heterocycles. The van der Waals surface area contributed by atoms with Crippen LogP contribution in [-0.2, 0) is 20.7 Å². The van der Waals surface area contributed by atoms with Crippen LogP contribution >= 0.6 is 0 Å². The number of hydrogen-bond acceptors (Lipinski definition) is 5. The molecule has 3 aromatic rings. The van der Waals surface area contributed by atoms with Crippen molar-refractivity contribution < 1.29 is 19.4 Å². The molecular weight excluding hydrogens is 516 g/mol. The molecule has 0 radical (unpaired) electrons. The fourth-order valence-corrected chi connectivity index (χ4v) is 6.29. The first-order chi connectivity index (χ1) is 19.6. The molecular formula is C33H36N4O4. The van der Waals surface area contributed by atoms with E-state index < -0.39 is 5.97 Å². The molecule has 0 aliphatic carbocycles. The Kier molecular flexibility index (Phi) is 7.43. The number of aromatic amines is 2. The summed E-state index contributed by atoms with van der Waals surface area (Å²) in [6.45, 7) is 16.8. The van der Waals surface area contributed by atoms with Gasteiger partial charge in [-0.05, 0) is 86.6 Å². The molecule has 8 nitrogen and oxygen atoms in total. The van der Waals surface area contributed by atoms with E-state index in [0.29, 0.717) is 35.4 Å². The molecule has 5 rings (SSSR count). The Morgan fingerprint density at radius 3 is 2.39 bits per heavy atom. The van der Waals surface area contributed by atoms with Crippen molar-refractivity contribution >= 4 is 51.7 Å². The van der Waals surface area contributed by atoms with Gasteiger partial charge in [-0.2, -0.15) is 0 Å². The van der Waals surface area contributed by atoms with Crippen LogP contribution < -0.4 is 0 Å². The maximum atomic E-state index is 12.6. The number of rotatable bonds is 7. The van der Waals surface area contributed by atoms with E-state index in [4.69, 9.17) is 14.7 Å². The van der Waals surface area contributed by atoms with Crippen molar-refractivity contribution in [3.05, 3.63) is 75.4 Å². The number of aliphatic carboxylic acids is 1. The quantitative estimate of drug-likeness (QED) is 0.216. The molecule has 3 N–H and O–H groups in total. The highest BCUT2D eigenvalue weighted by atomic mass is 16.5. The maximum absolute atomic E-state index is 12.6. The highest BCUT2D eigenvalue weighted by Gasteiger charge is 2.33. The van der Waals surface area contributed by atoms with Gasteiger partial charge in [-0.15, -0.1) is 0 Å². The molecule has 3 aromatic heterocycles. The normalized spacial score (nSPS) is 16.6. The van der Waals surface area contributed by atoms with E-state index in [2.05, 4.69) is 56.4 Å². The van der Waals surface area contributed by atoms with Gasteiger partial charge in [-0.25, -0.2) is 9.78 Å². The smallest absolute Gasteiger partial charge is 0.338 e. The number of carbonyl (C=O) groups excluding carboxylic acids is 1. The van der Waals surface area contributed by atoms with Gasteiger partial charge in [-0.1, -0.05) is 26.5 Å². The summed E-state index contributed by atoms with van der Waals surface area (Å²) in [4.78, 5) is 40.6. The van der Waals surface area contributed by atoms with Crippen LogP contribution in [0.3, 0.4) is 0 Å². The minimum Gasteiger partial charge on any atom is -0.478 e. The Hall–Kier alpha value is -4.46. The third kappa shape index (κ3) is 4.67. The number of H-pyrrole nitrogens is 2. The zero-order chi connectivity index (χ0) is 29.6. The average Bonchev–Trinajstić information content (AvgIpc) is 3.62. The predicted octanol–water partition coefficient (Wildman–Crippen LogP) is 6.91. The number of fused-ring (bicyclic) bond motifs is 8. The Bertz CT molecular complexity index is 1790. The summed E-state index contributed by atoms with van der Waals surface area (Å²) in [6.07, 6.45) is 3.23. The van der Waals surface area contributed by atoms with Gasteiger partial charge in [0.2, 0.25) is 0 Å². The van der Waals surface area contributed by atoms with Crippen LogP contribution in [0.1, 0.15) is 89.6 Å². The lowest BCUT2D eigenvalue weighted by Gasteiger charge is -2.17. The molecule has 5 heterocycles. The van der Waals surface area contributed by atoms with Crippen LogP contribution in [-0.4, -0.2) is 44.1 Å². The molecule has 0 saturated heterocycles. The van der Waals surface area contributed by atoms with Gasteiger partial charge >= 0.3 is 5.97 Å². The van der Waals surface area contributed by atoms with Crippen molar-refractivity contribution in [3.8, 4) is 0 Å². The largest absolute Gasteiger partial charge is 0.478 e. The van der Waals surface area contributed by atoms with Crippen LogP contribution in [0.25, 0.3) is 39.3 Å². The molecule has 2 aliphatic rings. The van der Waals surface area contributed by atoms with Gasteiger partial charge in [0.1, 0.15) is 0 Å². The first-order valence-electron chi connectivity index (χ1n) is 14.0. The number of aryl methyl sites for hydroxylation is 3. The molecule has 2 atom stereocenters. The second-order valence-electron chi connectivity index (χ2n) is 10.9. The molecule has 0 spiro atoms. The fourth-order valence-electron chi connectivity index (χ4n) is 6.29. The third-order valence-electron chi connectivity index (χ3n) is 8.71. The van der Waals surface area contributed by atoms with Crippen molar-refractivity contribution in [1.29, 1.82) is 0 Å². The third-order valence-corrected chi connectivity index (χ3v) is 8.71. The van der Waals surface area contributed by atoms with E-state index >= 15 is 0 Å². The van der Waals surface area contributed by atoms with Crippen molar-refractivity contribution in [2.75, 3.05) is 6.61 Å². The Labute approximate surface area is 239 Å². The molecule has 0 unspecified atom stereocenters. The highest BCUT2D eigenvalue weighted by molar-refractivity contribution is 6.24. The number of aromatic nitrogens is 4. The van der Waals surface area contributed by atoms with Crippen molar-refractivity contribution in [3.63, 3.8) is 0 Å². The van der Waals surface area contributed by atoms with Gasteiger partial charge in [0, 0.05) is 50.9 Å². The number of ether oxygens (including phenoxy) is 1. The zero-order valence-corrected chi connectivity index (χ0v) is 24.4. The minimum absolute atomic E-state index is 0.00321. The molecule has 0 saturated carbocycles. The van der Waals surface area contributed by atoms with Crippen molar-refractivity contribution in [1.82, 2.24) is 19.9 Å². The zero-order valence-electron chi connectivity index (χ0n) is 24.4. The van der Waals surface area contributed by atoms with Crippen LogP contribution in [0, 0.1) is 20.8 Å². The fraction of sp³-hybridized carbons (Fsp3) is 0.333. The molecule has 0 fully saturated rings. The second-order valence-corrected chi connectivity index (χ2v) is 10.9.